The first-order chi connectivity index (χ1) is 13.5. The summed E-state index contributed by atoms with van der Waals surface area (Å²) in [6.45, 7) is 7.55. The minimum Gasteiger partial charge on any atom is -0.497 e. The average molecular weight is 383 g/mol. The highest BCUT2D eigenvalue weighted by atomic mass is 16.5. The van der Waals surface area contributed by atoms with Crippen LogP contribution < -0.4 is 4.74 Å². The predicted molar refractivity (Wildman–Crippen MR) is 109 cm³/mol. The number of ether oxygens (including phenoxy) is 2. The van der Waals surface area contributed by atoms with Crippen LogP contribution in [0.15, 0.2) is 24.3 Å². The topological polar surface area (TPSA) is 54.6 Å². The molecule has 1 aliphatic heterocycles. The second-order valence-corrected chi connectivity index (χ2v) is 8.18. The molecule has 0 radical (unpaired) electrons. The molecule has 0 unspecified atom stereocenters. The van der Waals surface area contributed by atoms with Gasteiger partial charge in [-0.05, 0) is 74.0 Å². The lowest BCUT2D eigenvalue weighted by Gasteiger charge is -2.51. The number of aromatic nitrogens is 1. The molecule has 150 valence electrons. The number of likely N-dealkylation sites (tertiary alicyclic amines) is 1. The SMILES string of the molecule is CCN1CC[C@@]2(c3cccc(OC)c3)Cc3[nH]c(C(=O)OC)c(C)c3C[C@@H]2C1. The summed E-state index contributed by atoms with van der Waals surface area (Å²) in [5.74, 6) is 1.15. The molecule has 2 aromatic rings. The molecule has 28 heavy (non-hydrogen) atoms. The summed E-state index contributed by atoms with van der Waals surface area (Å²) in [6.07, 6.45) is 3.03. The molecular weight excluding hydrogens is 352 g/mol. The lowest BCUT2D eigenvalue weighted by atomic mass is 9.58. The fourth-order valence-corrected chi connectivity index (χ4v) is 5.33. The van der Waals surface area contributed by atoms with Gasteiger partial charge in [-0.1, -0.05) is 19.1 Å². The van der Waals surface area contributed by atoms with Gasteiger partial charge in [0.1, 0.15) is 11.4 Å². The van der Waals surface area contributed by atoms with E-state index in [4.69, 9.17) is 9.47 Å². The van der Waals surface area contributed by atoms with Gasteiger partial charge in [-0.15, -0.1) is 0 Å². The van der Waals surface area contributed by atoms with E-state index in [-0.39, 0.29) is 11.4 Å². The van der Waals surface area contributed by atoms with E-state index in [9.17, 15) is 4.79 Å². The van der Waals surface area contributed by atoms with Crippen LogP contribution in [0, 0.1) is 12.8 Å². The van der Waals surface area contributed by atoms with E-state index in [2.05, 4.69) is 35.0 Å². The third-order valence-electron chi connectivity index (χ3n) is 7.03. The van der Waals surface area contributed by atoms with Gasteiger partial charge < -0.3 is 19.4 Å². The summed E-state index contributed by atoms with van der Waals surface area (Å²) >= 11 is 0. The van der Waals surface area contributed by atoms with Crippen molar-refractivity contribution in [3.8, 4) is 5.75 Å². The van der Waals surface area contributed by atoms with E-state index in [0.29, 0.717) is 11.6 Å². The number of hydrogen-bond acceptors (Lipinski definition) is 4. The van der Waals surface area contributed by atoms with Gasteiger partial charge in [0, 0.05) is 17.7 Å². The summed E-state index contributed by atoms with van der Waals surface area (Å²) in [4.78, 5) is 18.2. The number of nitrogens with one attached hydrogen (secondary N) is 1. The quantitative estimate of drug-likeness (QED) is 0.823. The summed E-state index contributed by atoms with van der Waals surface area (Å²) in [5.41, 5.74) is 5.58. The van der Waals surface area contributed by atoms with Crippen LogP contribution in [0.2, 0.25) is 0 Å². The fourth-order valence-electron chi connectivity index (χ4n) is 5.33. The molecule has 5 heteroatoms. The smallest absolute Gasteiger partial charge is 0.354 e. The monoisotopic (exact) mass is 382 g/mol. The van der Waals surface area contributed by atoms with E-state index in [1.807, 2.05) is 13.0 Å². The van der Waals surface area contributed by atoms with Crippen molar-refractivity contribution >= 4 is 5.97 Å². The predicted octanol–water partition coefficient (Wildman–Crippen LogP) is 3.50. The van der Waals surface area contributed by atoms with Gasteiger partial charge in [0.2, 0.25) is 0 Å². The van der Waals surface area contributed by atoms with Gasteiger partial charge in [-0.2, -0.15) is 0 Å². The first-order valence-electron chi connectivity index (χ1n) is 10.2. The number of piperidine rings is 1. The van der Waals surface area contributed by atoms with Crippen LogP contribution in [0.3, 0.4) is 0 Å². The number of benzene rings is 1. The lowest BCUT2D eigenvalue weighted by Crippen LogP contribution is -2.53. The molecule has 2 atom stereocenters. The van der Waals surface area contributed by atoms with Crippen LogP contribution in [0.25, 0.3) is 0 Å². The number of esters is 1. The van der Waals surface area contributed by atoms with Crippen molar-refractivity contribution in [2.24, 2.45) is 5.92 Å². The number of fused-ring (bicyclic) bond motifs is 2. The number of H-pyrrole nitrogens is 1. The summed E-state index contributed by atoms with van der Waals surface area (Å²) in [5, 5.41) is 0. The van der Waals surface area contributed by atoms with Gasteiger partial charge in [0.05, 0.1) is 14.2 Å². The molecule has 0 bridgehead atoms. The van der Waals surface area contributed by atoms with E-state index in [1.165, 1.54) is 23.9 Å². The molecule has 1 aromatic carbocycles. The molecular formula is C23H30N2O3. The molecule has 1 aromatic heterocycles. The van der Waals surface area contributed by atoms with Gasteiger partial charge in [0.25, 0.3) is 0 Å². The lowest BCUT2D eigenvalue weighted by molar-refractivity contribution is 0.0593. The van der Waals surface area contributed by atoms with Crippen molar-refractivity contribution < 1.29 is 14.3 Å². The molecule has 1 fully saturated rings. The van der Waals surface area contributed by atoms with Crippen LogP contribution >= 0.6 is 0 Å². The Morgan fingerprint density at radius 2 is 2.18 bits per heavy atom. The highest BCUT2D eigenvalue weighted by molar-refractivity contribution is 5.89. The van der Waals surface area contributed by atoms with E-state index < -0.39 is 0 Å². The minimum atomic E-state index is -0.277. The molecule has 2 heterocycles. The van der Waals surface area contributed by atoms with Crippen LogP contribution in [0.5, 0.6) is 5.75 Å². The number of rotatable bonds is 4. The van der Waals surface area contributed by atoms with E-state index >= 15 is 0 Å². The summed E-state index contributed by atoms with van der Waals surface area (Å²) in [6, 6.07) is 8.57. The van der Waals surface area contributed by atoms with Crippen molar-refractivity contribution in [3.63, 3.8) is 0 Å². The van der Waals surface area contributed by atoms with E-state index in [1.54, 1.807) is 7.11 Å². The molecule has 1 N–H and O–H groups in total. The Morgan fingerprint density at radius 3 is 2.89 bits per heavy atom. The van der Waals surface area contributed by atoms with Gasteiger partial charge in [-0.25, -0.2) is 4.79 Å². The summed E-state index contributed by atoms with van der Waals surface area (Å²) in [7, 11) is 3.17. The number of hydrogen-bond donors (Lipinski definition) is 1. The minimum absolute atomic E-state index is 0.0674. The third-order valence-corrected chi connectivity index (χ3v) is 7.03. The number of carbonyl (C=O) groups is 1. The zero-order valence-electron chi connectivity index (χ0n) is 17.3. The van der Waals surface area contributed by atoms with Gasteiger partial charge >= 0.3 is 5.97 Å². The maximum Gasteiger partial charge on any atom is 0.354 e. The second kappa shape index (κ2) is 7.28. The highest BCUT2D eigenvalue weighted by Gasteiger charge is 2.48. The van der Waals surface area contributed by atoms with Crippen LogP contribution in [-0.2, 0) is 23.0 Å². The number of methoxy groups -OCH3 is 2. The highest BCUT2D eigenvalue weighted by Crippen LogP contribution is 2.49. The first-order valence-corrected chi connectivity index (χ1v) is 10.2. The Balaban J connectivity index is 1.81. The number of nitrogens with zero attached hydrogens (tertiary/aromatic N) is 1. The average Bonchev–Trinajstić information content (AvgIpc) is 3.06. The molecule has 2 aliphatic rings. The molecule has 1 aliphatic carbocycles. The number of aromatic amines is 1. The fraction of sp³-hybridized carbons (Fsp3) is 0.522. The van der Waals surface area contributed by atoms with Crippen molar-refractivity contribution in [1.29, 1.82) is 0 Å². The maximum atomic E-state index is 12.2. The zero-order chi connectivity index (χ0) is 19.9. The van der Waals surface area contributed by atoms with Gasteiger partial charge in [-0.3, -0.25) is 0 Å². The van der Waals surface area contributed by atoms with Crippen LogP contribution in [-0.4, -0.2) is 49.7 Å². The molecule has 5 nitrogen and oxygen atoms in total. The third kappa shape index (κ3) is 2.93. The van der Waals surface area contributed by atoms with Crippen molar-refractivity contribution in [2.75, 3.05) is 33.9 Å². The Bertz CT molecular complexity index is 888. The largest absolute Gasteiger partial charge is 0.497 e. The normalized spacial score (nSPS) is 24.4. The zero-order valence-corrected chi connectivity index (χ0v) is 17.3. The summed E-state index contributed by atoms with van der Waals surface area (Å²) < 4.78 is 10.5. The second-order valence-electron chi connectivity index (χ2n) is 8.18. The van der Waals surface area contributed by atoms with Crippen molar-refractivity contribution in [1.82, 2.24) is 9.88 Å². The van der Waals surface area contributed by atoms with Gasteiger partial charge in [0.15, 0.2) is 0 Å². The van der Waals surface area contributed by atoms with Crippen LogP contribution in [0.1, 0.15) is 46.2 Å². The van der Waals surface area contributed by atoms with Crippen molar-refractivity contribution in [2.45, 2.75) is 38.5 Å². The molecule has 4 rings (SSSR count). The number of carbonyl (C=O) groups excluding carboxylic acids is 1. The molecule has 0 saturated carbocycles. The van der Waals surface area contributed by atoms with Crippen LogP contribution in [0.4, 0.5) is 0 Å². The Morgan fingerprint density at radius 1 is 1.36 bits per heavy atom. The maximum absolute atomic E-state index is 12.2. The Hall–Kier alpha value is -2.27. The molecule has 0 amide bonds. The Labute approximate surface area is 167 Å². The van der Waals surface area contributed by atoms with Crippen molar-refractivity contribution in [3.05, 3.63) is 52.3 Å². The molecule has 1 saturated heterocycles. The Kier molecular flexibility index (Phi) is 4.96. The standard InChI is InChI=1S/C23H30N2O3/c1-5-25-10-9-23(16-7-6-8-18(11-16)27-3)13-20-19(12-17(23)14-25)15(2)21(24-20)22(26)28-4/h6-8,11,17,24H,5,9-10,12-14H2,1-4H3/t17-,23+/m1/s1. The molecule has 0 spiro atoms. The van der Waals surface area contributed by atoms with E-state index in [0.717, 1.165) is 50.2 Å². The first kappa shape index (κ1) is 19.1.